The van der Waals surface area contributed by atoms with Crippen molar-refractivity contribution in [2.75, 3.05) is 31.6 Å². The summed E-state index contributed by atoms with van der Waals surface area (Å²) in [6, 6.07) is 21.0. The van der Waals surface area contributed by atoms with Crippen molar-refractivity contribution in [3.63, 3.8) is 0 Å². The van der Waals surface area contributed by atoms with Crippen LogP contribution < -0.4 is 10.7 Å². The van der Waals surface area contributed by atoms with Crippen LogP contribution in [0.1, 0.15) is 25.3 Å². The highest BCUT2D eigenvalue weighted by Gasteiger charge is 2.38. The first-order valence-electron chi connectivity index (χ1n) is 10.8. The lowest BCUT2D eigenvalue weighted by molar-refractivity contribution is -0.133. The summed E-state index contributed by atoms with van der Waals surface area (Å²) in [4.78, 5) is 15.5. The minimum atomic E-state index is 0.0721. The van der Waals surface area contributed by atoms with Gasteiger partial charge in [0.25, 0.3) is 0 Å². The van der Waals surface area contributed by atoms with Crippen LogP contribution in [0.2, 0.25) is 0 Å². The van der Waals surface area contributed by atoms with E-state index in [2.05, 4.69) is 52.9 Å². The zero-order valence-electron chi connectivity index (χ0n) is 17.3. The van der Waals surface area contributed by atoms with Gasteiger partial charge in [-0.15, -0.1) is 0 Å². The molecule has 2 aromatic carbocycles. The zero-order chi connectivity index (χ0) is 20.1. The molecule has 0 radical (unpaired) electrons. The van der Waals surface area contributed by atoms with E-state index < -0.39 is 0 Å². The van der Waals surface area contributed by atoms with Crippen LogP contribution in [0.3, 0.4) is 0 Å². The lowest BCUT2D eigenvalue weighted by Gasteiger charge is -2.41. The number of carbonyl (C=O) groups excluding carboxylic acids is 1. The van der Waals surface area contributed by atoms with Gasteiger partial charge >= 0.3 is 0 Å². The number of nitrogens with one attached hydrogen (secondary N) is 2. The van der Waals surface area contributed by atoms with Crippen LogP contribution in [-0.2, 0) is 11.2 Å². The Balaban J connectivity index is 1.39. The quantitative estimate of drug-likeness (QED) is 0.678. The summed E-state index contributed by atoms with van der Waals surface area (Å²) in [6.45, 7) is 6.18. The molecule has 2 N–H and O–H groups in total. The van der Waals surface area contributed by atoms with Gasteiger partial charge < -0.3 is 10.2 Å². The number of benzene rings is 2. The van der Waals surface area contributed by atoms with Crippen molar-refractivity contribution < 1.29 is 4.79 Å². The fourth-order valence-electron chi connectivity index (χ4n) is 4.02. The van der Waals surface area contributed by atoms with E-state index in [1.165, 1.54) is 5.56 Å². The van der Waals surface area contributed by atoms with Crippen molar-refractivity contribution in [1.82, 2.24) is 15.2 Å². The number of hydrogen-bond donors (Lipinski definition) is 2. The Hall–Kier alpha value is -2.37. The molecule has 1 aliphatic heterocycles. The number of anilines is 1. The van der Waals surface area contributed by atoms with E-state index in [1.54, 1.807) is 0 Å². The van der Waals surface area contributed by atoms with Crippen LogP contribution in [-0.4, -0.2) is 54.1 Å². The standard InChI is InChI=1S/C24H32N4O/c1-19(28(24(29)21-12-13-21)26-22-10-6-3-7-11-22)23-18-27(17-15-25-23)16-14-20-8-4-2-5-9-20/h2-11,19,21,23,25-26H,12-18H2,1H3. The average molecular weight is 393 g/mol. The molecule has 2 fully saturated rings. The van der Waals surface area contributed by atoms with Crippen molar-refractivity contribution in [3.05, 3.63) is 66.2 Å². The Kier molecular flexibility index (Phi) is 6.47. The lowest BCUT2D eigenvalue weighted by atomic mass is 10.0. The smallest absolute Gasteiger partial charge is 0.244 e. The highest BCUT2D eigenvalue weighted by molar-refractivity contribution is 5.82. The fourth-order valence-corrected chi connectivity index (χ4v) is 4.02. The number of para-hydroxylation sites is 1. The molecule has 154 valence electrons. The molecule has 1 amide bonds. The maximum absolute atomic E-state index is 13.0. The molecular formula is C24H32N4O. The third kappa shape index (κ3) is 5.37. The van der Waals surface area contributed by atoms with Gasteiger partial charge in [-0.1, -0.05) is 48.5 Å². The predicted molar refractivity (Wildman–Crippen MR) is 117 cm³/mol. The van der Waals surface area contributed by atoms with Gasteiger partial charge in [0.1, 0.15) is 0 Å². The second-order valence-electron chi connectivity index (χ2n) is 8.30. The van der Waals surface area contributed by atoms with E-state index >= 15 is 0 Å². The van der Waals surface area contributed by atoms with Crippen LogP contribution in [0.5, 0.6) is 0 Å². The topological polar surface area (TPSA) is 47.6 Å². The van der Waals surface area contributed by atoms with Crippen molar-refractivity contribution in [3.8, 4) is 0 Å². The van der Waals surface area contributed by atoms with Crippen molar-refractivity contribution in [2.45, 2.75) is 38.3 Å². The Bertz CT molecular complexity index is 778. The maximum atomic E-state index is 13.0. The Labute approximate surface area is 174 Å². The van der Waals surface area contributed by atoms with E-state index in [0.717, 1.165) is 51.1 Å². The molecule has 2 aromatic rings. The highest BCUT2D eigenvalue weighted by Crippen LogP contribution is 2.32. The summed E-state index contributed by atoms with van der Waals surface area (Å²) in [5, 5.41) is 5.53. The molecule has 1 aliphatic carbocycles. The monoisotopic (exact) mass is 392 g/mol. The Morgan fingerprint density at radius 2 is 1.83 bits per heavy atom. The molecule has 1 saturated heterocycles. The molecule has 2 aliphatic rings. The summed E-state index contributed by atoms with van der Waals surface area (Å²) in [6.07, 6.45) is 3.09. The van der Waals surface area contributed by atoms with E-state index in [4.69, 9.17) is 0 Å². The van der Waals surface area contributed by atoms with Gasteiger partial charge in [0, 0.05) is 38.1 Å². The van der Waals surface area contributed by atoms with Gasteiger partial charge in [0.2, 0.25) is 5.91 Å². The summed E-state index contributed by atoms with van der Waals surface area (Å²) in [5.41, 5.74) is 5.74. The molecule has 0 aromatic heterocycles. The van der Waals surface area contributed by atoms with E-state index in [0.29, 0.717) is 0 Å². The molecule has 29 heavy (non-hydrogen) atoms. The fraction of sp³-hybridized carbons (Fsp3) is 0.458. The number of carbonyl (C=O) groups is 1. The molecule has 2 atom stereocenters. The van der Waals surface area contributed by atoms with Gasteiger partial charge in [-0.25, -0.2) is 0 Å². The number of piperazine rings is 1. The number of hydrogen-bond acceptors (Lipinski definition) is 4. The van der Waals surface area contributed by atoms with E-state index in [1.807, 2.05) is 35.3 Å². The number of rotatable bonds is 8. The van der Waals surface area contributed by atoms with Gasteiger partial charge in [-0.2, -0.15) is 0 Å². The zero-order valence-corrected chi connectivity index (χ0v) is 17.3. The van der Waals surface area contributed by atoms with Gasteiger partial charge in [0.05, 0.1) is 11.7 Å². The summed E-state index contributed by atoms with van der Waals surface area (Å²) in [7, 11) is 0. The number of amides is 1. The first-order chi connectivity index (χ1) is 14.2. The van der Waals surface area contributed by atoms with Crippen LogP contribution in [0, 0.1) is 5.92 Å². The lowest BCUT2D eigenvalue weighted by Crippen LogP contribution is -2.61. The van der Waals surface area contributed by atoms with Crippen molar-refractivity contribution in [2.24, 2.45) is 5.92 Å². The highest BCUT2D eigenvalue weighted by atomic mass is 16.2. The second-order valence-corrected chi connectivity index (χ2v) is 8.30. The predicted octanol–water partition coefficient (Wildman–Crippen LogP) is 3.16. The van der Waals surface area contributed by atoms with Crippen LogP contribution in [0.25, 0.3) is 0 Å². The minimum Gasteiger partial charge on any atom is -0.309 e. The molecule has 0 spiro atoms. The van der Waals surface area contributed by atoms with E-state index in [9.17, 15) is 4.79 Å². The largest absolute Gasteiger partial charge is 0.309 e. The maximum Gasteiger partial charge on any atom is 0.244 e. The molecule has 2 unspecified atom stereocenters. The third-order valence-corrected chi connectivity index (χ3v) is 6.03. The number of nitrogens with zero attached hydrogens (tertiary/aromatic N) is 2. The van der Waals surface area contributed by atoms with Crippen LogP contribution in [0.15, 0.2) is 60.7 Å². The molecule has 4 rings (SSSR count). The first-order valence-corrected chi connectivity index (χ1v) is 10.8. The summed E-state index contributed by atoms with van der Waals surface area (Å²) in [5.74, 6) is 0.413. The molecular weight excluding hydrogens is 360 g/mol. The Morgan fingerprint density at radius 3 is 2.52 bits per heavy atom. The third-order valence-electron chi connectivity index (χ3n) is 6.03. The number of hydrazine groups is 1. The molecule has 5 heteroatoms. The first kappa shape index (κ1) is 19.9. The van der Waals surface area contributed by atoms with E-state index in [-0.39, 0.29) is 23.9 Å². The van der Waals surface area contributed by atoms with Crippen molar-refractivity contribution in [1.29, 1.82) is 0 Å². The van der Waals surface area contributed by atoms with Gasteiger partial charge in [0.15, 0.2) is 0 Å². The SMILES string of the molecule is CC(C1CN(CCc2ccccc2)CCN1)N(Nc1ccccc1)C(=O)C1CC1. The normalized spacial score (nSPS) is 20.8. The van der Waals surface area contributed by atoms with Crippen LogP contribution >= 0.6 is 0 Å². The Morgan fingerprint density at radius 1 is 1.14 bits per heavy atom. The summed E-state index contributed by atoms with van der Waals surface area (Å²) >= 11 is 0. The van der Waals surface area contributed by atoms with Gasteiger partial charge in [-0.05, 0) is 43.9 Å². The minimum absolute atomic E-state index is 0.0721. The molecule has 5 nitrogen and oxygen atoms in total. The second kappa shape index (κ2) is 9.42. The van der Waals surface area contributed by atoms with Crippen LogP contribution in [0.4, 0.5) is 5.69 Å². The molecule has 1 saturated carbocycles. The van der Waals surface area contributed by atoms with Crippen molar-refractivity contribution >= 4 is 11.6 Å². The molecule has 1 heterocycles. The average Bonchev–Trinajstić information content (AvgIpc) is 3.62. The van der Waals surface area contributed by atoms with Gasteiger partial charge in [-0.3, -0.25) is 15.2 Å². The molecule has 0 bridgehead atoms. The summed E-state index contributed by atoms with van der Waals surface area (Å²) < 4.78 is 0.